The van der Waals surface area contributed by atoms with Crippen LogP contribution in [-0.2, 0) is 16.0 Å². The van der Waals surface area contributed by atoms with Gasteiger partial charge in [0.1, 0.15) is 17.5 Å². The van der Waals surface area contributed by atoms with Crippen molar-refractivity contribution in [1.29, 1.82) is 0 Å². The quantitative estimate of drug-likeness (QED) is 0.479. The van der Waals surface area contributed by atoms with Gasteiger partial charge in [0.05, 0.1) is 12.5 Å². The Bertz CT molecular complexity index is 1160. The number of carbonyl (C=O) groups is 2. The molecule has 0 aliphatic heterocycles. The molecule has 0 bridgehead atoms. The van der Waals surface area contributed by atoms with E-state index in [9.17, 15) is 9.59 Å². The predicted molar refractivity (Wildman–Crippen MR) is 128 cm³/mol. The van der Waals surface area contributed by atoms with Gasteiger partial charge in [-0.2, -0.15) is 0 Å². The lowest BCUT2D eigenvalue weighted by atomic mass is 9.97. The number of hydrogen-bond acceptors (Lipinski definition) is 5. The van der Waals surface area contributed by atoms with E-state index in [2.05, 4.69) is 22.4 Å². The van der Waals surface area contributed by atoms with Crippen LogP contribution in [-0.4, -0.2) is 35.6 Å². The molecule has 1 aliphatic rings. The number of nitrogens with zero attached hydrogens (tertiary/aromatic N) is 1. The highest BCUT2D eigenvalue weighted by Crippen LogP contribution is 2.40. The van der Waals surface area contributed by atoms with Crippen LogP contribution in [0.4, 0.5) is 0 Å². The van der Waals surface area contributed by atoms with Gasteiger partial charge in [0, 0.05) is 25.4 Å². The third-order valence-electron chi connectivity index (χ3n) is 6.01. The van der Waals surface area contributed by atoms with Crippen LogP contribution in [0.5, 0.6) is 5.75 Å². The molecule has 2 N–H and O–H groups in total. The molecule has 0 saturated carbocycles. The molecular weight excluding hydrogens is 432 g/mol. The van der Waals surface area contributed by atoms with Gasteiger partial charge in [-0.15, -0.1) is 0 Å². The van der Waals surface area contributed by atoms with Crippen LogP contribution in [0.3, 0.4) is 0 Å². The Morgan fingerprint density at radius 1 is 1.15 bits per heavy atom. The number of amides is 1. The molecule has 4 rings (SSSR count). The van der Waals surface area contributed by atoms with E-state index in [4.69, 9.17) is 14.6 Å². The van der Waals surface area contributed by atoms with Gasteiger partial charge in [-0.05, 0) is 60.2 Å². The number of pyridine rings is 1. The fraction of sp³-hybridized carbons (Fsp3) is 0.296. The number of rotatable bonds is 9. The predicted octanol–water partition coefficient (Wildman–Crippen LogP) is 4.73. The normalized spacial score (nSPS) is 15.4. The molecule has 0 spiro atoms. The molecule has 34 heavy (non-hydrogen) atoms. The average molecular weight is 461 g/mol. The summed E-state index contributed by atoms with van der Waals surface area (Å²) in [7, 11) is 1.59. The van der Waals surface area contributed by atoms with Crippen LogP contribution in [0.15, 0.2) is 60.8 Å². The zero-order valence-electron chi connectivity index (χ0n) is 19.3. The highest BCUT2D eigenvalue weighted by Gasteiger charge is 2.27. The summed E-state index contributed by atoms with van der Waals surface area (Å²) in [6.07, 6.45) is 2.86. The number of aliphatic carboxylic acids is 1. The van der Waals surface area contributed by atoms with Gasteiger partial charge in [0.15, 0.2) is 0 Å². The van der Waals surface area contributed by atoms with Crippen molar-refractivity contribution in [3.8, 4) is 16.9 Å². The van der Waals surface area contributed by atoms with E-state index in [1.807, 2.05) is 43.3 Å². The third kappa shape index (κ3) is 5.10. The molecule has 1 aliphatic carbocycles. The van der Waals surface area contributed by atoms with E-state index in [0.29, 0.717) is 12.3 Å². The van der Waals surface area contributed by atoms with Gasteiger partial charge < -0.3 is 19.9 Å². The summed E-state index contributed by atoms with van der Waals surface area (Å²) < 4.78 is 11.9. The zero-order valence-corrected chi connectivity index (χ0v) is 19.3. The lowest BCUT2D eigenvalue weighted by Crippen LogP contribution is -2.18. The largest absolute Gasteiger partial charge is 0.486 e. The van der Waals surface area contributed by atoms with Crippen molar-refractivity contribution >= 4 is 11.9 Å². The number of carboxylic acid groups (broad SMARTS) is 1. The molecule has 7 nitrogen and oxygen atoms in total. The lowest BCUT2D eigenvalue weighted by Gasteiger charge is -2.18. The van der Waals surface area contributed by atoms with Crippen molar-refractivity contribution in [2.45, 2.75) is 38.4 Å². The minimum absolute atomic E-state index is 0.0689. The maximum atomic E-state index is 11.8. The molecule has 7 heteroatoms. The first-order chi connectivity index (χ1) is 16.5. The number of carbonyl (C=O) groups excluding carboxylic acids is 1. The monoisotopic (exact) mass is 460 g/mol. The fourth-order valence-electron chi connectivity index (χ4n) is 4.38. The molecule has 0 fully saturated rings. The van der Waals surface area contributed by atoms with Gasteiger partial charge >= 0.3 is 5.97 Å². The third-order valence-corrected chi connectivity index (χ3v) is 6.01. The van der Waals surface area contributed by atoms with Crippen LogP contribution in [0, 0.1) is 0 Å². The average Bonchev–Trinajstić information content (AvgIpc) is 3.26. The number of fused-ring (bicyclic) bond motifs is 1. The Labute approximate surface area is 198 Å². The fourth-order valence-corrected chi connectivity index (χ4v) is 4.38. The van der Waals surface area contributed by atoms with Crippen LogP contribution in [0.2, 0.25) is 0 Å². The summed E-state index contributed by atoms with van der Waals surface area (Å²) in [6.45, 7) is 2.30. The van der Waals surface area contributed by atoms with E-state index in [1.54, 1.807) is 19.3 Å². The first kappa shape index (κ1) is 23.4. The summed E-state index contributed by atoms with van der Waals surface area (Å²) >= 11 is 0. The Hall–Kier alpha value is -3.71. The highest BCUT2D eigenvalue weighted by molar-refractivity contribution is 5.92. The van der Waals surface area contributed by atoms with Crippen LogP contribution in [0.1, 0.15) is 59.2 Å². The maximum absolute atomic E-state index is 11.8. The van der Waals surface area contributed by atoms with Crippen LogP contribution in [0.25, 0.3) is 11.1 Å². The van der Waals surface area contributed by atoms with Gasteiger partial charge in [-0.25, -0.2) is 0 Å². The van der Waals surface area contributed by atoms with Crippen LogP contribution >= 0.6 is 0 Å². The van der Waals surface area contributed by atoms with E-state index >= 15 is 0 Å². The molecule has 176 valence electrons. The van der Waals surface area contributed by atoms with E-state index in [1.165, 1.54) is 5.56 Å². The highest BCUT2D eigenvalue weighted by atomic mass is 16.5. The van der Waals surface area contributed by atoms with Crippen molar-refractivity contribution in [3.05, 3.63) is 83.2 Å². The summed E-state index contributed by atoms with van der Waals surface area (Å²) in [5.74, 6) is -0.371. The number of hydrogen-bond donors (Lipinski definition) is 2. The SMILES string of the molecule is CCO[C@@H](CC(=O)O)c1ccc(O[C@@H]2CCc3c(-c4ccc(C(=O)NC)nc4)cccc32)cc1. The van der Waals surface area contributed by atoms with Gasteiger partial charge in [0.2, 0.25) is 0 Å². The number of nitrogens with one attached hydrogen (secondary N) is 1. The number of carboxylic acids is 1. The molecule has 1 heterocycles. The second-order valence-corrected chi connectivity index (χ2v) is 8.14. The van der Waals surface area contributed by atoms with Gasteiger partial charge in [-0.1, -0.05) is 36.4 Å². The first-order valence-electron chi connectivity index (χ1n) is 11.4. The van der Waals surface area contributed by atoms with Gasteiger partial charge in [0.25, 0.3) is 5.91 Å². The molecule has 1 amide bonds. The summed E-state index contributed by atoms with van der Waals surface area (Å²) in [4.78, 5) is 27.2. The van der Waals surface area contributed by atoms with Gasteiger partial charge in [-0.3, -0.25) is 14.6 Å². The number of ether oxygens (including phenoxy) is 2. The Kier molecular flexibility index (Phi) is 7.23. The van der Waals surface area contributed by atoms with Crippen molar-refractivity contribution in [2.24, 2.45) is 0 Å². The van der Waals surface area contributed by atoms with E-state index < -0.39 is 12.1 Å². The second-order valence-electron chi connectivity index (χ2n) is 8.14. The van der Waals surface area contributed by atoms with Crippen molar-refractivity contribution in [3.63, 3.8) is 0 Å². The van der Waals surface area contributed by atoms with Crippen molar-refractivity contribution in [2.75, 3.05) is 13.7 Å². The molecule has 2 aromatic carbocycles. The minimum atomic E-state index is -0.893. The molecule has 3 aromatic rings. The van der Waals surface area contributed by atoms with Crippen molar-refractivity contribution in [1.82, 2.24) is 10.3 Å². The Morgan fingerprint density at radius 3 is 2.59 bits per heavy atom. The zero-order chi connectivity index (χ0) is 24.1. The number of benzene rings is 2. The molecule has 0 radical (unpaired) electrons. The molecule has 0 saturated heterocycles. The lowest BCUT2D eigenvalue weighted by molar-refractivity contribution is -0.140. The molecular formula is C27H28N2O5. The topological polar surface area (TPSA) is 97.8 Å². The Balaban J connectivity index is 1.51. The first-order valence-corrected chi connectivity index (χ1v) is 11.4. The summed E-state index contributed by atoms with van der Waals surface area (Å²) in [5, 5.41) is 11.7. The Morgan fingerprint density at radius 2 is 1.94 bits per heavy atom. The molecule has 2 atom stereocenters. The molecule has 0 unspecified atom stereocenters. The van der Waals surface area contributed by atoms with Crippen LogP contribution < -0.4 is 10.1 Å². The maximum Gasteiger partial charge on any atom is 0.306 e. The number of aromatic nitrogens is 1. The van der Waals surface area contributed by atoms with E-state index in [0.717, 1.165) is 40.8 Å². The summed E-state index contributed by atoms with van der Waals surface area (Å²) in [5.41, 5.74) is 5.65. The standard InChI is InChI=1S/C27H28N2O5/c1-3-33-25(15-26(30)31)17-7-10-19(11-8-17)34-24-14-12-21-20(5-4-6-22(21)24)18-9-13-23(29-16-18)27(32)28-2/h4-11,13,16,24-25H,3,12,14-15H2,1-2H3,(H,28,32)(H,30,31)/t24-,25+/m1/s1. The summed E-state index contributed by atoms with van der Waals surface area (Å²) in [6, 6.07) is 17.3. The van der Waals surface area contributed by atoms with Crippen molar-refractivity contribution < 1.29 is 24.2 Å². The molecule has 1 aromatic heterocycles. The smallest absolute Gasteiger partial charge is 0.306 e. The van der Waals surface area contributed by atoms with E-state index in [-0.39, 0.29) is 18.4 Å². The minimum Gasteiger partial charge on any atom is -0.486 e. The second kappa shape index (κ2) is 10.5.